The second kappa shape index (κ2) is 7.95. The molecule has 6 nitrogen and oxygen atoms in total. The van der Waals surface area contributed by atoms with Gasteiger partial charge in [0.2, 0.25) is 0 Å². The molecule has 1 saturated carbocycles. The van der Waals surface area contributed by atoms with E-state index in [9.17, 15) is 4.79 Å². The van der Waals surface area contributed by atoms with Crippen molar-refractivity contribution < 1.29 is 9.21 Å². The van der Waals surface area contributed by atoms with Gasteiger partial charge in [-0.1, -0.05) is 28.1 Å². The normalized spacial score (nSPS) is 15.5. The third-order valence-electron chi connectivity index (χ3n) is 4.53. The van der Waals surface area contributed by atoms with Gasteiger partial charge < -0.3 is 20.8 Å². The van der Waals surface area contributed by atoms with Gasteiger partial charge in [0.05, 0.1) is 0 Å². The number of aliphatic imine (C=N–C) groups is 1. The van der Waals surface area contributed by atoms with E-state index in [0.29, 0.717) is 12.3 Å². The van der Waals surface area contributed by atoms with Crippen LogP contribution < -0.4 is 16.4 Å². The molecule has 0 atom stereocenters. The molecule has 0 saturated heterocycles. The Labute approximate surface area is 161 Å². The number of benzene rings is 1. The maximum absolute atomic E-state index is 11.1. The number of halogens is 1. The number of nitrogens with one attached hydrogen (secondary N) is 2. The van der Waals surface area contributed by atoms with E-state index in [-0.39, 0.29) is 11.2 Å². The predicted molar refractivity (Wildman–Crippen MR) is 105 cm³/mol. The van der Waals surface area contributed by atoms with E-state index in [4.69, 9.17) is 10.2 Å². The average Bonchev–Trinajstić information content (AvgIpc) is 3.26. The number of carbonyl (C=O) groups excluding carboxylic acids is 1. The quantitative estimate of drug-likeness (QED) is 0.475. The first kappa shape index (κ1) is 18.5. The van der Waals surface area contributed by atoms with Crippen LogP contribution in [0.2, 0.25) is 0 Å². The lowest BCUT2D eigenvalue weighted by molar-refractivity contribution is 0.0972. The monoisotopic (exact) mass is 418 g/mol. The zero-order valence-electron chi connectivity index (χ0n) is 14.7. The minimum absolute atomic E-state index is 0.153. The van der Waals surface area contributed by atoms with Crippen molar-refractivity contribution in [3.63, 3.8) is 0 Å². The van der Waals surface area contributed by atoms with Crippen molar-refractivity contribution >= 4 is 27.8 Å². The summed E-state index contributed by atoms with van der Waals surface area (Å²) in [5, 5.41) is 6.67. The van der Waals surface area contributed by atoms with Crippen LogP contribution in [0.3, 0.4) is 0 Å². The number of carbonyl (C=O) groups is 1. The second-order valence-electron chi connectivity index (χ2n) is 6.47. The molecule has 1 aliphatic rings. The Morgan fingerprint density at radius 2 is 2.12 bits per heavy atom. The Bertz CT molecular complexity index is 811. The molecule has 138 valence electrons. The number of guanidine groups is 1. The second-order valence-corrected chi connectivity index (χ2v) is 7.39. The van der Waals surface area contributed by atoms with Gasteiger partial charge in [-0.3, -0.25) is 4.79 Å². The number of nitrogens with zero attached hydrogens (tertiary/aromatic N) is 1. The highest BCUT2D eigenvalue weighted by molar-refractivity contribution is 9.10. The zero-order chi connectivity index (χ0) is 18.6. The van der Waals surface area contributed by atoms with Crippen molar-refractivity contribution in [1.82, 2.24) is 10.6 Å². The summed E-state index contributed by atoms with van der Waals surface area (Å²) in [5.41, 5.74) is 6.71. The minimum atomic E-state index is -0.574. The first-order chi connectivity index (χ1) is 12.5. The van der Waals surface area contributed by atoms with E-state index < -0.39 is 5.91 Å². The highest BCUT2D eigenvalue weighted by atomic mass is 79.9. The Hall–Kier alpha value is -2.28. The van der Waals surface area contributed by atoms with Crippen molar-refractivity contribution in [2.24, 2.45) is 10.7 Å². The summed E-state index contributed by atoms with van der Waals surface area (Å²) in [6.07, 6.45) is 2.33. The van der Waals surface area contributed by atoms with E-state index in [1.165, 1.54) is 5.56 Å². The maximum atomic E-state index is 11.1. The summed E-state index contributed by atoms with van der Waals surface area (Å²) in [4.78, 5) is 15.6. The van der Waals surface area contributed by atoms with E-state index in [0.717, 1.165) is 36.4 Å². The maximum Gasteiger partial charge on any atom is 0.284 e. The fourth-order valence-electron chi connectivity index (χ4n) is 2.88. The van der Waals surface area contributed by atoms with Crippen molar-refractivity contribution in [3.8, 4) is 0 Å². The lowest BCUT2D eigenvalue weighted by Gasteiger charge is -2.19. The Morgan fingerprint density at radius 3 is 2.73 bits per heavy atom. The molecule has 1 aromatic carbocycles. The van der Waals surface area contributed by atoms with Gasteiger partial charge in [-0.2, -0.15) is 0 Å². The van der Waals surface area contributed by atoms with Crippen LogP contribution in [0, 0.1) is 0 Å². The summed E-state index contributed by atoms with van der Waals surface area (Å²) in [5.74, 6) is 0.907. The molecular weight excluding hydrogens is 396 g/mol. The smallest absolute Gasteiger partial charge is 0.284 e. The number of rotatable bonds is 7. The molecule has 7 heteroatoms. The van der Waals surface area contributed by atoms with Crippen molar-refractivity contribution in [2.75, 3.05) is 13.1 Å². The number of primary amides is 1. The Balaban J connectivity index is 1.63. The first-order valence-electron chi connectivity index (χ1n) is 8.69. The number of nitrogens with two attached hydrogens (primary N) is 1. The zero-order valence-corrected chi connectivity index (χ0v) is 16.3. The molecule has 2 aromatic rings. The largest absolute Gasteiger partial charge is 0.454 e. The van der Waals surface area contributed by atoms with Gasteiger partial charge in [-0.05, 0) is 49.6 Å². The molecule has 3 rings (SSSR count). The molecule has 0 spiro atoms. The third-order valence-corrected chi connectivity index (χ3v) is 5.02. The number of hydrogen-bond acceptors (Lipinski definition) is 3. The van der Waals surface area contributed by atoms with Crippen molar-refractivity contribution in [2.45, 2.75) is 31.7 Å². The van der Waals surface area contributed by atoms with Gasteiger partial charge >= 0.3 is 0 Å². The molecule has 0 aliphatic heterocycles. The van der Waals surface area contributed by atoms with Crippen molar-refractivity contribution in [1.29, 1.82) is 0 Å². The first-order valence-corrected chi connectivity index (χ1v) is 9.48. The molecule has 1 fully saturated rings. The summed E-state index contributed by atoms with van der Waals surface area (Å²) >= 11 is 3.55. The van der Waals surface area contributed by atoms with Gasteiger partial charge in [0.15, 0.2) is 11.7 Å². The molecule has 26 heavy (non-hydrogen) atoms. The van der Waals surface area contributed by atoms with Crippen LogP contribution in [-0.2, 0) is 12.0 Å². The van der Waals surface area contributed by atoms with E-state index in [2.05, 4.69) is 49.8 Å². The highest BCUT2D eigenvalue weighted by Gasteiger charge is 2.44. The van der Waals surface area contributed by atoms with Crippen LogP contribution in [0.25, 0.3) is 0 Å². The lowest BCUT2D eigenvalue weighted by atomic mass is 9.96. The van der Waals surface area contributed by atoms with Crippen LogP contribution >= 0.6 is 15.9 Å². The van der Waals surface area contributed by atoms with Gasteiger partial charge in [0.1, 0.15) is 12.3 Å². The standard InChI is InChI=1S/C19H23BrN4O2/c1-2-22-18(23-11-15-6-7-16(26-15)17(21)25)24-12-19(8-9-19)13-4-3-5-14(20)10-13/h3-7,10H,2,8-9,11-12H2,1H3,(H2,21,25)(H2,22,23,24). The summed E-state index contributed by atoms with van der Waals surface area (Å²) < 4.78 is 6.47. The molecule has 1 heterocycles. The van der Waals surface area contributed by atoms with E-state index in [1.807, 2.05) is 13.0 Å². The van der Waals surface area contributed by atoms with Gasteiger partial charge in [-0.15, -0.1) is 0 Å². The molecular formula is C19H23BrN4O2. The van der Waals surface area contributed by atoms with Gasteiger partial charge in [0, 0.05) is 23.0 Å². The minimum Gasteiger partial charge on any atom is -0.454 e. The fourth-order valence-corrected chi connectivity index (χ4v) is 3.28. The highest BCUT2D eigenvalue weighted by Crippen LogP contribution is 2.48. The lowest BCUT2D eigenvalue weighted by Crippen LogP contribution is -2.41. The van der Waals surface area contributed by atoms with Crippen LogP contribution in [0.4, 0.5) is 0 Å². The van der Waals surface area contributed by atoms with Crippen LogP contribution in [0.5, 0.6) is 0 Å². The fraction of sp³-hybridized carbons (Fsp3) is 0.368. The molecule has 1 amide bonds. The summed E-state index contributed by atoms with van der Waals surface area (Å²) in [6, 6.07) is 11.8. The van der Waals surface area contributed by atoms with Gasteiger partial charge in [-0.25, -0.2) is 4.99 Å². The molecule has 0 unspecified atom stereocenters. The average molecular weight is 419 g/mol. The topological polar surface area (TPSA) is 92.6 Å². The van der Waals surface area contributed by atoms with E-state index >= 15 is 0 Å². The molecule has 1 aliphatic carbocycles. The number of furan rings is 1. The molecule has 0 bridgehead atoms. The SMILES string of the molecule is CCNC(=NCc1ccc(C(N)=O)o1)NCC1(c2cccc(Br)c2)CC1. The number of hydrogen-bond donors (Lipinski definition) is 3. The van der Waals surface area contributed by atoms with E-state index in [1.54, 1.807) is 12.1 Å². The third kappa shape index (κ3) is 4.46. The molecule has 4 N–H and O–H groups in total. The molecule has 0 radical (unpaired) electrons. The Morgan fingerprint density at radius 1 is 1.31 bits per heavy atom. The van der Waals surface area contributed by atoms with Gasteiger partial charge in [0.25, 0.3) is 5.91 Å². The predicted octanol–water partition coefficient (Wildman–Crippen LogP) is 2.93. The van der Waals surface area contributed by atoms with Crippen LogP contribution in [-0.4, -0.2) is 25.0 Å². The molecule has 1 aromatic heterocycles. The number of amides is 1. The van der Waals surface area contributed by atoms with Crippen molar-refractivity contribution in [3.05, 3.63) is 58.0 Å². The van der Waals surface area contributed by atoms with Crippen LogP contribution in [0.15, 0.2) is 50.3 Å². The van der Waals surface area contributed by atoms with Crippen LogP contribution in [0.1, 0.15) is 41.6 Å². The summed E-state index contributed by atoms with van der Waals surface area (Å²) in [6.45, 7) is 3.95. The summed E-state index contributed by atoms with van der Waals surface area (Å²) in [7, 11) is 0. The Kier molecular flexibility index (Phi) is 5.66.